The fraction of sp³-hybridized carbons (Fsp3) is 0.333. The van der Waals surface area contributed by atoms with E-state index in [0.29, 0.717) is 30.9 Å². The first kappa shape index (κ1) is 19.6. The molecule has 142 valence electrons. The molecule has 1 aliphatic heterocycles. The van der Waals surface area contributed by atoms with Crippen LogP contribution in [0.1, 0.15) is 39.1 Å². The van der Waals surface area contributed by atoms with Crippen LogP contribution >= 0.6 is 15.9 Å². The SMILES string of the molecule is COC(=O)c1cccc(C(=O)NCC2(c3ccc(Br)cc3)CCOCC2)c1. The number of nitrogens with one attached hydrogen (secondary N) is 1. The molecule has 0 atom stereocenters. The van der Waals surface area contributed by atoms with Gasteiger partial charge in [-0.1, -0.05) is 34.1 Å². The van der Waals surface area contributed by atoms with Crippen molar-refractivity contribution in [3.05, 3.63) is 69.7 Å². The van der Waals surface area contributed by atoms with E-state index < -0.39 is 5.97 Å². The second-order valence-electron chi connectivity index (χ2n) is 6.65. The molecule has 1 heterocycles. The first-order valence-corrected chi connectivity index (χ1v) is 9.64. The third-order valence-electron chi connectivity index (χ3n) is 5.04. The van der Waals surface area contributed by atoms with Crippen LogP contribution in [-0.4, -0.2) is 38.7 Å². The molecule has 1 N–H and O–H groups in total. The lowest BCUT2D eigenvalue weighted by atomic mass is 9.74. The number of carbonyl (C=O) groups excluding carboxylic acids is 2. The van der Waals surface area contributed by atoms with Gasteiger partial charge >= 0.3 is 5.97 Å². The normalized spacial score (nSPS) is 15.8. The van der Waals surface area contributed by atoms with Gasteiger partial charge in [0.25, 0.3) is 5.91 Å². The number of hydrogen-bond acceptors (Lipinski definition) is 4. The molecule has 2 aromatic rings. The second-order valence-corrected chi connectivity index (χ2v) is 7.57. The van der Waals surface area contributed by atoms with Crippen LogP contribution in [0, 0.1) is 0 Å². The quantitative estimate of drug-likeness (QED) is 0.732. The Kier molecular flexibility index (Phi) is 6.29. The highest BCUT2D eigenvalue weighted by atomic mass is 79.9. The maximum atomic E-state index is 12.7. The monoisotopic (exact) mass is 431 g/mol. The van der Waals surface area contributed by atoms with E-state index in [1.807, 2.05) is 12.1 Å². The van der Waals surface area contributed by atoms with E-state index in [1.54, 1.807) is 24.3 Å². The van der Waals surface area contributed by atoms with Crippen molar-refractivity contribution >= 4 is 27.8 Å². The van der Waals surface area contributed by atoms with Crippen LogP contribution in [0.4, 0.5) is 0 Å². The third kappa shape index (κ3) is 4.57. The van der Waals surface area contributed by atoms with E-state index in [1.165, 1.54) is 12.7 Å². The molecular weight excluding hydrogens is 410 g/mol. The fourth-order valence-corrected chi connectivity index (χ4v) is 3.65. The zero-order chi connectivity index (χ0) is 19.3. The molecule has 1 fully saturated rings. The van der Waals surface area contributed by atoms with Gasteiger partial charge in [0.1, 0.15) is 0 Å². The standard InChI is InChI=1S/C21H22BrNO4/c1-26-20(25)16-4-2-3-15(13-16)19(24)23-14-21(9-11-27-12-10-21)17-5-7-18(22)8-6-17/h2-8,13H,9-12,14H2,1H3,(H,23,24). The Hall–Kier alpha value is -2.18. The molecule has 5 nitrogen and oxygen atoms in total. The molecule has 0 unspecified atom stereocenters. The lowest BCUT2D eigenvalue weighted by Crippen LogP contribution is -2.44. The van der Waals surface area contributed by atoms with Crippen molar-refractivity contribution in [2.24, 2.45) is 0 Å². The van der Waals surface area contributed by atoms with Gasteiger partial charge in [0.05, 0.1) is 12.7 Å². The number of carbonyl (C=O) groups is 2. The van der Waals surface area contributed by atoms with Crippen LogP contribution in [0.2, 0.25) is 0 Å². The summed E-state index contributed by atoms with van der Waals surface area (Å²) in [5.41, 5.74) is 1.83. The summed E-state index contributed by atoms with van der Waals surface area (Å²) in [5.74, 6) is -0.663. The molecule has 2 aromatic carbocycles. The van der Waals surface area contributed by atoms with Crippen LogP contribution in [-0.2, 0) is 14.9 Å². The molecule has 0 bridgehead atoms. The van der Waals surface area contributed by atoms with Crippen LogP contribution in [0.3, 0.4) is 0 Å². The van der Waals surface area contributed by atoms with Crippen molar-refractivity contribution in [1.29, 1.82) is 0 Å². The average Bonchev–Trinajstić information content (AvgIpc) is 2.72. The van der Waals surface area contributed by atoms with E-state index in [-0.39, 0.29) is 11.3 Å². The maximum Gasteiger partial charge on any atom is 0.337 e. The number of esters is 1. The van der Waals surface area contributed by atoms with Crippen molar-refractivity contribution in [3.63, 3.8) is 0 Å². The summed E-state index contributed by atoms with van der Waals surface area (Å²) in [6, 6.07) is 14.8. The lowest BCUT2D eigenvalue weighted by molar-refractivity contribution is 0.0487. The van der Waals surface area contributed by atoms with Gasteiger partial charge in [0.2, 0.25) is 0 Å². The smallest absolute Gasteiger partial charge is 0.337 e. The van der Waals surface area contributed by atoms with Crippen LogP contribution in [0.15, 0.2) is 53.0 Å². The number of benzene rings is 2. The lowest BCUT2D eigenvalue weighted by Gasteiger charge is -2.38. The average molecular weight is 432 g/mol. The molecule has 0 spiro atoms. The van der Waals surface area contributed by atoms with E-state index in [9.17, 15) is 9.59 Å². The first-order valence-electron chi connectivity index (χ1n) is 8.84. The molecule has 27 heavy (non-hydrogen) atoms. The van der Waals surface area contributed by atoms with Crippen LogP contribution < -0.4 is 5.32 Å². The summed E-state index contributed by atoms with van der Waals surface area (Å²) in [6.07, 6.45) is 1.69. The summed E-state index contributed by atoms with van der Waals surface area (Å²) in [4.78, 5) is 24.4. The Morgan fingerprint density at radius 2 is 1.78 bits per heavy atom. The van der Waals surface area contributed by atoms with E-state index in [2.05, 4.69) is 33.4 Å². The molecule has 0 aromatic heterocycles. The molecule has 6 heteroatoms. The van der Waals surface area contributed by atoms with Crippen LogP contribution in [0.25, 0.3) is 0 Å². The molecule has 3 rings (SSSR count). The number of ether oxygens (including phenoxy) is 2. The first-order chi connectivity index (χ1) is 13.0. The van der Waals surface area contributed by atoms with Gasteiger partial charge in [0.15, 0.2) is 0 Å². The van der Waals surface area contributed by atoms with Crippen molar-refractivity contribution in [1.82, 2.24) is 5.32 Å². The molecule has 0 saturated carbocycles. The minimum Gasteiger partial charge on any atom is -0.465 e. The fourth-order valence-electron chi connectivity index (χ4n) is 3.39. The molecule has 0 radical (unpaired) electrons. The van der Waals surface area contributed by atoms with Crippen molar-refractivity contribution in [2.45, 2.75) is 18.3 Å². The highest BCUT2D eigenvalue weighted by Gasteiger charge is 2.35. The molecule has 1 saturated heterocycles. The summed E-state index contributed by atoms with van der Waals surface area (Å²) >= 11 is 3.47. The highest BCUT2D eigenvalue weighted by molar-refractivity contribution is 9.10. The summed E-state index contributed by atoms with van der Waals surface area (Å²) < 4.78 is 11.3. The topological polar surface area (TPSA) is 64.6 Å². The van der Waals surface area contributed by atoms with Gasteiger partial charge in [-0.05, 0) is 48.7 Å². The van der Waals surface area contributed by atoms with Gasteiger partial charge in [0, 0.05) is 35.2 Å². The molecular formula is C21H22BrNO4. The Morgan fingerprint density at radius 3 is 2.44 bits per heavy atom. The van der Waals surface area contributed by atoms with Crippen molar-refractivity contribution in [3.8, 4) is 0 Å². The largest absolute Gasteiger partial charge is 0.465 e. The Morgan fingerprint density at radius 1 is 1.11 bits per heavy atom. The van der Waals surface area contributed by atoms with Crippen molar-refractivity contribution in [2.75, 3.05) is 26.9 Å². The van der Waals surface area contributed by atoms with Gasteiger partial charge in [-0.2, -0.15) is 0 Å². The number of amides is 1. The second kappa shape index (κ2) is 8.67. The van der Waals surface area contributed by atoms with E-state index in [0.717, 1.165) is 17.3 Å². The number of hydrogen-bond donors (Lipinski definition) is 1. The summed E-state index contributed by atoms with van der Waals surface area (Å²) in [7, 11) is 1.32. The van der Waals surface area contributed by atoms with Crippen molar-refractivity contribution < 1.29 is 19.1 Å². The predicted octanol–water partition coefficient (Wildman–Crippen LogP) is 3.71. The summed E-state index contributed by atoms with van der Waals surface area (Å²) in [5, 5.41) is 3.05. The number of halogens is 1. The molecule has 1 aliphatic rings. The van der Waals surface area contributed by atoms with Crippen LogP contribution in [0.5, 0.6) is 0 Å². The Balaban J connectivity index is 1.76. The van der Waals surface area contributed by atoms with Gasteiger partial charge < -0.3 is 14.8 Å². The van der Waals surface area contributed by atoms with E-state index in [4.69, 9.17) is 9.47 Å². The Labute approximate surface area is 167 Å². The summed E-state index contributed by atoms with van der Waals surface area (Å²) in [6.45, 7) is 1.85. The van der Waals surface area contributed by atoms with E-state index >= 15 is 0 Å². The van der Waals surface area contributed by atoms with Gasteiger partial charge in [-0.25, -0.2) is 4.79 Å². The number of rotatable bonds is 5. The zero-order valence-corrected chi connectivity index (χ0v) is 16.8. The Bertz CT molecular complexity index is 813. The minimum absolute atomic E-state index is 0.158. The highest BCUT2D eigenvalue weighted by Crippen LogP contribution is 2.35. The molecule has 0 aliphatic carbocycles. The van der Waals surface area contributed by atoms with Gasteiger partial charge in [-0.3, -0.25) is 4.79 Å². The zero-order valence-electron chi connectivity index (χ0n) is 15.2. The third-order valence-corrected chi connectivity index (χ3v) is 5.57. The van der Waals surface area contributed by atoms with Gasteiger partial charge in [-0.15, -0.1) is 0 Å². The minimum atomic E-state index is -0.458. The molecule has 1 amide bonds. The predicted molar refractivity (Wildman–Crippen MR) is 106 cm³/mol. The number of methoxy groups -OCH3 is 1. The maximum absolute atomic E-state index is 12.7.